The van der Waals surface area contributed by atoms with Gasteiger partial charge in [-0.05, 0) is 69.5 Å². The van der Waals surface area contributed by atoms with Crippen LogP contribution in [-0.2, 0) is 4.79 Å². The predicted octanol–water partition coefficient (Wildman–Crippen LogP) is 6.59. The van der Waals surface area contributed by atoms with Crippen molar-refractivity contribution in [3.8, 4) is 11.5 Å². The molecular formula is C25H19BrClNO3. The molecule has 156 valence electrons. The van der Waals surface area contributed by atoms with Crippen molar-refractivity contribution in [2.45, 2.75) is 0 Å². The van der Waals surface area contributed by atoms with Gasteiger partial charge in [-0.1, -0.05) is 48.0 Å². The highest BCUT2D eigenvalue weighted by atomic mass is 79.9. The molecule has 1 heterocycles. The quantitative estimate of drug-likeness (QED) is 0.374. The molecule has 0 fully saturated rings. The second-order valence-electron chi connectivity index (χ2n) is 6.85. The van der Waals surface area contributed by atoms with E-state index in [9.17, 15) is 4.79 Å². The van der Waals surface area contributed by atoms with Gasteiger partial charge in [-0.25, -0.2) is 0 Å². The molecule has 6 heteroatoms. The number of carbonyl (C=O) groups excluding carboxylic acids is 1. The first kappa shape index (κ1) is 21.2. The Balaban J connectivity index is 1.80. The number of hydrogen-bond acceptors (Lipinski definition) is 3. The van der Waals surface area contributed by atoms with Crippen LogP contribution >= 0.6 is 27.5 Å². The lowest BCUT2D eigenvalue weighted by Gasteiger charge is -2.21. The van der Waals surface area contributed by atoms with E-state index in [0.717, 1.165) is 27.0 Å². The summed E-state index contributed by atoms with van der Waals surface area (Å²) in [6, 6.07) is 20.8. The van der Waals surface area contributed by atoms with Gasteiger partial charge in [0.1, 0.15) is 11.5 Å². The van der Waals surface area contributed by atoms with Gasteiger partial charge in [-0.3, -0.25) is 9.69 Å². The number of methoxy groups -OCH3 is 2. The van der Waals surface area contributed by atoms with Crippen LogP contribution in [0.15, 0.2) is 82.9 Å². The SMILES string of the molecule is COc1ccc(N2C(=O)/C(=C/c3ccc(OC)c(Br)c3)C=C2c2ccccc2)cc1Cl. The molecule has 0 atom stereocenters. The van der Waals surface area contributed by atoms with E-state index in [1.54, 1.807) is 31.3 Å². The molecule has 0 saturated carbocycles. The minimum Gasteiger partial charge on any atom is -0.496 e. The molecule has 0 N–H and O–H groups in total. The number of carbonyl (C=O) groups is 1. The third kappa shape index (κ3) is 4.24. The van der Waals surface area contributed by atoms with E-state index < -0.39 is 0 Å². The number of benzene rings is 3. The van der Waals surface area contributed by atoms with Gasteiger partial charge in [0.15, 0.2) is 0 Å². The third-order valence-corrected chi connectivity index (χ3v) is 5.86. The van der Waals surface area contributed by atoms with Gasteiger partial charge in [0.25, 0.3) is 5.91 Å². The van der Waals surface area contributed by atoms with E-state index in [4.69, 9.17) is 21.1 Å². The molecule has 3 aromatic rings. The summed E-state index contributed by atoms with van der Waals surface area (Å²) in [5, 5.41) is 0.441. The van der Waals surface area contributed by atoms with Crippen molar-refractivity contribution < 1.29 is 14.3 Å². The molecule has 0 aliphatic carbocycles. The molecule has 0 radical (unpaired) electrons. The van der Waals surface area contributed by atoms with Crippen LogP contribution in [0.3, 0.4) is 0 Å². The van der Waals surface area contributed by atoms with Crippen LogP contribution in [0.5, 0.6) is 11.5 Å². The monoisotopic (exact) mass is 495 g/mol. The maximum absolute atomic E-state index is 13.5. The number of hydrogen-bond donors (Lipinski definition) is 0. The molecule has 0 aromatic heterocycles. The standard InChI is InChI=1S/C25H19BrClNO3/c1-30-23-10-8-16(13-20(23)26)12-18-14-22(17-6-4-3-5-7-17)28(25(18)29)19-9-11-24(31-2)21(27)15-19/h3-15H,1-2H3/b18-12+. The fourth-order valence-corrected chi connectivity index (χ4v) is 4.25. The highest BCUT2D eigenvalue weighted by Crippen LogP contribution is 2.38. The lowest BCUT2D eigenvalue weighted by atomic mass is 10.1. The highest BCUT2D eigenvalue weighted by molar-refractivity contribution is 9.10. The smallest absolute Gasteiger partial charge is 0.262 e. The zero-order valence-corrected chi connectivity index (χ0v) is 19.3. The zero-order chi connectivity index (χ0) is 22.0. The average Bonchev–Trinajstić information content (AvgIpc) is 3.10. The largest absolute Gasteiger partial charge is 0.496 e. The number of halogens is 2. The van der Waals surface area contributed by atoms with Crippen molar-refractivity contribution in [1.82, 2.24) is 0 Å². The molecule has 4 nitrogen and oxygen atoms in total. The number of rotatable bonds is 5. The van der Waals surface area contributed by atoms with E-state index in [1.807, 2.05) is 66.7 Å². The first-order chi connectivity index (χ1) is 15.0. The van der Waals surface area contributed by atoms with Gasteiger partial charge in [0, 0.05) is 5.57 Å². The van der Waals surface area contributed by atoms with E-state index in [0.29, 0.717) is 22.0 Å². The maximum Gasteiger partial charge on any atom is 0.262 e. The fourth-order valence-electron chi connectivity index (χ4n) is 3.44. The molecule has 1 amide bonds. The Morgan fingerprint density at radius 3 is 2.29 bits per heavy atom. The molecule has 4 rings (SSSR count). The second kappa shape index (κ2) is 9.00. The summed E-state index contributed by atoms with van der Waals surface area (Å²) in [4.78, 5) is 15.1. The van der Waals surface area contributed by atoms with Crippen LogP contribution in [0.4, 0.5) is 5.69 Å². The minimum absolute atomic E-state index is 0.132. The van der Waals surface area contributed by atoms with Gasteiger partial charge in [-0.2, -0.15) is 0 Å². The van der Waals surface area contributed by atoms with Crippen molar-refractivity contribution in [3.05, 3.63) is 99.0 Å². The van der Waals surface area contributed by atoms with Crippen molar-refractivity contribution in [1.29, 1.82) is 0 Å². The van der Waals surface area contributed by atoms with Gasteiger partial charge in [0.05, 0.1) is 35.1 Å². The Labute approximate surface area is 194 Å². The predicted molar refractivity (Wildman–Crippen MR) is 129 cm³/mol. The molecule has 31 heavy (non-hydrogen) atoms. The molecule has 1 aliphatic heterocycles. The lowest BCUT2D eigenvalue weighted by Crippen LogP contribution is -2.24. The van der Waals surface area contributed by atoms with Crippen LogP contribution in [-0.4, -0.2) is 20.1 Å². The number of ether oxygens (including phenoxy) is 2. The summed E-state index contributed by atoms with van der Waals surface area (Å²) in [6.07, 6.45) is 3.76. The summed E-state index contributed by atoms with van der Waals surface area (Å²) in [6.45, 7) is 0. The first-order valence-corrected chi connectivity index (χ1v) is 10.7. The minimum atomic E-state index is -0.132. The molecular weight excluding hydrogens is 478 g/mol. The summed E-state index contributed by atoms with van der Waals surface area (Å²) in [5.41, 5.74) is 3.84. The normalized spacial score (nSPS) is 14.7. The van der Waals surface area contributed by atoms with E-state index in [-0.39, 0.29) is 5.91 Å². The molecule has 0 saturated heterocycles. The summed E-state index contributed by atoms with van der Waals surface area (Å²) in [7, 11) is 3.18. The van der Waals surface area contributed by atoms with Crippen molar-refractivity contribution in [2.75, 3.05) is 19.1 Å². The molecule has 0 spiro atoms. The molecule has 1 aliphatic rings. The summed E-state index contributed by atoms with van der Waals surface area (Å²) in [5.74, 6) is 1.16. The Morgan fingerprint density at radius 1 is 0.935 bits per heavy atom. The maximum atomic E-state index is 13.5. The third-order valence-electron chi connectivity index (χ3n) is 4.94. The van der Waals surface area contributed by atoms with E-state index in [1.165, 1.54) is 0 Å². The van der Waals surface area contributed by atoms with E-state index >= 15 is 0 Å². The Hall–Kier alpha value is -3.02. The molecule has 0 unspecified atom stereocenters. The number of anilines is 1. The fraction of sp³-hybridized carbons (Fsp3) is 0.0800. The van der Waals surface area contributed by atoms with Crippen LogP contribution < -0.4 is 14.4 Å². The Kier molecular flexibility index (Phi) is 6.16. The van der Waals surface area contributed by atoms with Crippen molar-refractivity contribution >= 4 is 50.9 Å². The second-order valence-corrected chi connectivity index (χ2v) is 8.11. The molecule has 0 bridgehead atoms. The number of nitrogens with zero attached hydrogens (tertiary/aromatic N) is 1. The summed E-state index contributed by atoms with van der Waals surface area (Å²) < 4.78 is 11.4. The van der Waals surface area contributed by atoms with Gasteiger partial charge in [-0.15, -0.1) is 0 Å². The Morgan fingerprint density at radius 2 is 1.65 bits per heavy atom. The molecule has 3 aromatic carbocycles. The van der Waals surface area contributed by atoms with Gasteiger partial charge in [0.2, 0.25) is 0 Å². The number of amides is 1. The van der Waals surface area contributed by atoms with Crippen LogP contribution in [0.1, 0.15) is 11.1 Å². The van der Waals surface area contributed by atoms with E-state index in [2.05, 4.69) is 15.9 Å². The zero-order valence-electron chi connectivity index (χ0n) is 16.9. The lowest BCUT2D eigenvalue weighted by molar-refractivity contribution is -0.113. The van der Waals surface area contributed by atoms with Crippen molar-refractivity contribution in [3.63, 3.8) is 0 Å². The van der Waals surface area contributed by atoms with Crippen molar-refractivity contribution in [2.24, 2.45) is 0 Å². The van der Waals surface area contributed by atoms with Gasteiger partial charge >= 0.3 is 0 Å². The topological polar surface area (TPSA) is 38.8 Å². The summed E-state index contributed by atoms with van der Waals surface area (Å²) >= 11 is 9.85. The Bertz CT molecular complexity index is 1200. The highest BCUT2D eigenvalue weighted by Gasteiger charge is 2.30. The van der Waals surface area contributed by atoms with Crippen LogP contribution in [0, 0.1) is 0 Å². The van der Waals surface area contributed by atoms with Crippen LogP contribution in [0.2, 0.25) is 5.02 Å². The van der Waals surface area contributed by atoms with Gasteiger partial charge < -0.3 is 9.47 Å². The first-order valence-electron chi connectivity index (χ1n) is 9.52. The van der Waals surface area contributed by atoms with Crippen LogP contribution in [0.25, 0.3) is 11.8 Å². The average molecular weight is 497 g/mol.